The number of carbonyl (C=O) groups excluding carboxylic acids is 2. The average Bonchev–Trinajstić information content (AvgIpc) is 3.34. The second-order valence-corrected chi connectivity index (χ2v) is 19.2. The molecule has 1 atom stereocenters. The van der Waals surface area contributed by atoms with Gasteiger partial charge in [0.05, 0.1) is 6.61 Å². The summed E-state index contributed by atoms with van der Waals surface area (Å²) in [6, 6.07) is 0. The van der Waals surface area contributed by atoms with E-state index in [1.807, 2.05) is 0 Å². The van der Waals surface area contributed by atoms with E-state index in [4.69, 9.17) is 14.2 Å². The summed E-state index contributed by atoms with van der Waals surface area (Å²) < 4.78 is 17.4. The minimum Gasteiger partial charge on any atom is -0.462 e. The SMILES string of the molecule is CC/C=C\C/C=C\C/C=C\C/C=C\C/C=C\CCCCCC(=O)OCC(COCCCCCCCCCCCCCCCCCCCCCC)OC(=O)CCCCCCC/C=C\C/C=C\CCC. The topological polar surface area (TPSA) is 61.8 Å². The van der Waals surface area contributed by atoms with E-state index in [1.165, 1.54) is 135 Å². The third-order valence-electron chi connectivity index (χ3n) is 12.4. The predicted molar refractivity (Wildman–Crippen MR) is 297 cm³/mol. The molecule has 0 rings (SSSR count). The molecule has 0 heterocycles. The van der Waals surface area contributed by atoms with Gasteiger partial charge in [0.1, 0.15) is 6.61 Å². The highest BCUT2D eigenvalue weighted by Gasteiger charge is 2.17. The molecule has 0 aromatic carbocycles. The lowest BCUT2D eigenvalue weighted by molar-refractivity contribution is -0.163. The fraction of sp³-hybridized carbons (Fsp3) is 0.746. The third kappa shape index (κ3) is 55.7. The van der Waals surface area contributed by atoms with Gasteiger partial charge in [-0.1, -0.05) is 260 Å². The number of esters is 2. The van der Waals surface area contributed by atoms with E-state index in [0.29, 0.717) is 19.4 Å². The molecule has 5 nitrogen and oxygen atoms in total. The van der Waals surface area contributed by atoms with E-state index in [-0.39, 0.29) is 25.2 Å². The van der Waals surface area contributed by atoms with E-state index >= 15 is 0 Å². The van der Waals surface area contributed by atoms with E-state index in [2.05, 4.69) is 106 Å². The molecule has 0 aliphatic rings. The van der Waals surface area contributed by atoms with Crippen LogP contribution in [0.2, 0.25) is 0 Å². The second kappa shape index (κ2) is 58.4. The molecule has 392 valence electrons. The molecule has 0 aliphatic carbocycles. The molecule has 68 heavy (non-hydrogen) atoms. The van der Waals surface area contributed by atoms with Crippen molar-refractivity contribution < 1.29 is 23.8 Å². The maximum absolute atomic E-state index is 12.8. The quantitative estimate of drug-likeness (QED) is 0.0345. The standard InChI is InChI=1S/C63H110O5/c1-4-7-10-13-16-19-22-25-27-29-31-33-35-37-40-43-46-49-52-55-58-66-59-61(68-63(65)57-54-51-48-45-42-38-24-21-18-15-12-9-6-3)60-67-62(64)56-53-50-47-44-41-39-36-34-32-30-28-26-23-20-17-14-11-8-5-2/h8,11-12,15,17,20-21,24,26,28,32,34,39,41,61H,4-7,9-10,13-14,16,18-19,22-23,25,27,29-31,33,35-38,40,42-60H2,1-3H3/b11-8-,15-12-,20-17-,24-21-,28-26-,34-32-,41-39-. The lowest BCUT2D eigenvalue weighted by Gasteiger charge is -2.18. The zero-order valence-electron chi connectivity index (χ0n) is 45.1. The summed E-state index contributed by atoms with van der Waals surface area (Å²) in [7, 11) is 0. The first-order chi connectivity index (χ1) is 33.6. The summed E-state index contributed by atoms with van der Waals surface area (Å²) in [5, 5.41) is 0. The second-order valence-electron chi connectivity index (χ2n) is 19.2. The minimum absolute atomic E-state index is 0.0613. The molecule has 0 spiro atoms. The van der Waals surface area contributed by atoms with Crippen LogP contribution < -0.4 is 0 Å². The molecule has 0 radical (unpaired) electrons. The highest BCUT2D eigenvalue weighted by atomic mass is 16.6. The fourth-order valence-corrected chi connectivity index (χ4v) is 8.11. The van der Waals surface area contributed by atoms with Gasteiger partial charge < -0.3 is 14.2 Å². The number of allylic oxidation sites excluding steroid dienone is 14. The minimum atomic E-state index is -0.560. The molecule has 0 bridgehead atoms. The largest absolute Gasteiger partial charge is 0.462 e. The maximum atomic E-state index is 12.8. The van der Waals surface area contributed by atoms with Crippen molar-refractivity contribution in [1.29, 1.82) is 0 Å². The zero-order valence-corrected chi connectivity index (χ0v) is 45.1. The first-order valence-corrected chi connectivity index (χ1v) is 29.1. The Morgan fingerprint density at radius 3 is 1.13 bits per heavy atom. The number of carbonyl (C=O) groups is 2. The van der Waals surface area contributed by atoms with Gasteiger partial charge in [0.15, 0.2) is 6.10 Å². The molecule has 5 heteroatoms. The Kier molecular flexibility index (Phi) is 55.9. The molecule has 0 N–H and O–H groups in total. The van der Waals surface area contributed by atoms with Crippen LogP contribution in [-0.2, 0) is 23.8 Å². The van der Waals surface area contributed by atoms with Crippen molar-refractivity contribution in [3.8, 4) is 0 Å². The highest BCUT2D eigenvalue weighted by molar-refractivity contribution is 5.70. The summed E-state index contributed by atoms with van der Waals surface area (Å²) in [4.78, 5) is 25.5. The van der Waals surface area contributed by atoms with Gasteiger partial charge in [0, 0.05) is 19.4 Å². The molecule has 0 aliphatic heterocycles. The van der Waals surface area contributed by atoms with Crippen LogP contribution in [0.1, 0.15) is 278 Å². The van der Waals surface area contributed by atoms with Crippen LogP contribution in [0.25, 0.3) is 0 Å². The van der Waals surface area contributed by atoms with Crippen LogP contribution in [-0.4, -0.2) is 37.9 Å². The highest BCUT2D eigenvalue weighted by Crippen LogP contribution is 2.16. The van der Waals surface area contributed by atoms with Gasteiger partial charge in [-0.15, -0.1) is 0 Å². The van der Waals surface area contributed by atoms with E-state index in [9.17, 15) is 9.59 Å². The van der Waals surface area contributed by atoms with Crippen molar-refractivity contribution in [2.75, 3.05) is 19.8 Å². The van der Waals surface area contributed by atoms with Crippen molar-refractivity contribution in [3.05, 3.63) is 85.1 Å². The van der Waals surface area contributed by atoms with Crippen LogP contribution >= 0.6 is 0 Å². The normalized spacial score (nSPS) is 12.8. The van der Waals surface area contributed by atoms with Crippen LogP contribution in [0.5, 0.6) is 0 Å². The molecule has 0 saturated heterocycles. The molecular formula is C63H110O5. The van der Waals surface area contributed by atoms with Crippen molar-refractivity contribution in [2.24, 2.45) is 0 Å². The van der Waals surface area contributed by atoms with Gasteiger partial charge in [-0.25, -0.2) is 0 Å². The van der Waals surface area contributed by atoms with Crippen molar-refractivity contribution in [1.82, 2.24) is 0 Å². The van der Waals surface area contributed by atoms with Gasteiger partial charge in [-0.05, 0) is 89.9 Å². The molecule has 0 fully saturated rings. The molecular weight excluding hydrogens is 837 g/mol. The number of hydrogen-bond acceptors (Lipinski definition) is 5. The smallest absolute Gasteiger partial charge is 0.306 e. The summed E-state index contributed by atoms with van der Waals surface area (Å²) in [6.07, 6.45) is 77.5. The van der Waals surface area contributed by atoms with Crippen LogP contribution in [0, 0.1) is 0 Å². The van der Waals surface area contributed by atoms with Crippen LogP contribution in [0.15, 0.2) is 85.1 Å². The van der Waals surface area contributed by atoms with Crippen LogP contribution in [0.3, 0.4) is 0 Å². The summed E-state index contributed by atoms with van der Waals surface area (Å²) >= 11 is 0. The fourth-order valence-electron chi connectivity index (χ4n) is 8.11. The third-order valence-corrected chi connectivity index (χ3v) is 12.4. The Hall–Kier alpha value is -2.92. The van der Waals surface area contributed by atoms with Crippen molar-refractivity contribution >= 4 is 11.9 Å². The first-order valence-electron chi connectivity index (χ1n) is 29.1. The summed E-state index contributed by atoms with van der Waals surface area (Å²) in [5.41, 5.74) is 0. The van der Waals surface area contributed by atoms with Gasteiger partial charge in [0.25, 0.3) is 0 Å². The Morgan fingerprint density at radius 1 is 0.338 bits per heavy atom. The lowest BCUT2D eigenvalue weighted by atomic mass is 10.0. The van der Waals surface area contributed by atoms with Gasteiger partial charge in [0.2, 0.25) is 0 Å². The summed E-state index contributed by atoms with van der Waals surface area (Å²) in [5.74, 6) is -0.444. The molecule has 0 aromatic rings. The number of unbranched alkanes of at least 4 members (excludes halogenated alkanes) is 28. The monoisotopic (exact) mass is 947 g/mol. The van der Waals surface area contributed by atoms with Crippen LogP contribution in [0.4, 0.5) is 0 Å². The molecule has 1 unspecified atom stereocenters. The summed E-state index contributed by atoms with van der Waals surface area (Å²) in [6.45, 7) is 7.63. The van der Waals surface area contributed by atoms with E-state index in [1.54, 1.807) is 0 Å². The molecule has 0 aromatic heterocycles. The Balaban J connectivity index is 4.29. The number of hydrogen-bond donors (Lipinski definition) is 0. The van der Waals surface area contributed by atoms with Gasteiger partial charge in [-0.3, -0.25) is 9.59 Å². The van der Waals surface area contributed by atoms with Crippen molar-refractivity contribution in [3.63, 3.8) is 0 Å². The molecule has 0 amide bonds. The zero-order chi connectivity index (χ0) is 49.2. The van der Waals surface area contributed by atoms with Gasteiger partial charge in [-0.2, -0.15) is 0 Å². The van der Waals surface area contributed by atoms with Gasteiger partial charge >= 0.3 is 11.9 Å². The molecule has 0 saturated carbocycles. The Bertz CT molecular complexity index is 1250. The number of rotatable bonds is 53. The van der Waals surface area contributed by atoms with Crippen molar-refractivity contribution in [2.45, 2.75) is 284 Å². The first kappa shape index (κ1) is 65.1. The average molecular weight is 948 g/mol. The van der Waals surface area contributed by atoms with E-state index in [0.717, 1.165) is 109 Å². The Morgan fingerprint density at radius 2 is 0.691 bits per heavy atom. The predicted octanol–water partition coefficient (Wildman–Crippen LogP) is 20.0. The Labute approximate surface area is 422 Å². The lowest BCUT2D eigenvalue weighted by Crippen LogP contribution is -2.30. The van der Waals surface area contributed by atoms with E-state index < -0.39 is 6.10 Å². The maximum Gasteiger partial charge on any atom is 0.306 e. The number of ether oxygens (including phenoxy) is 3.